The number of H-pyrrole nitrogens is 1. The highest BCUT2D eigenvalue weighted by Crippen LogP contribution is 2.26. The van der Waals surface area contributed by atoms with Crippen LogP contribution in [0.2, 0.25) is 0 Å². The molecule has 1 aliphatic rings. The highest BCUT2D eigenvalue weighted by Gasteiger charge is 2.23. The number of amides is 1. The maximum absolute atomic E-state index is 12.5. The Morgan fingerprint density at radius 1 is 1.19 bits per heavy atom. The lowest BCUT2D eigenvalue weighted by Crippen LogP contribution is -2.35. The average Bonchev–Trinajstić information content (AvgIpc) is 2.89. The lowest BCUT2D eigenvalue weighted by Gasteiger charge is -2.25. The molecular formula is C18H22N2O. The molecule has 2 heterocycles. The molecule has 1 aliphatic heterocycles. The predicted molar refractivity (Wildman–Crippen MR) is 84.1 cm³/mol. The first-order valence-electron chi connectivity index (χ1n) is 7.77. The van der Waals surface area contributed by atoms with Crippen molar-refractivity contribution < 1.29 is 4.79 Å². The number of aromatic amines is 1. The fraction of sp³-hybridized carbons (Fsp3) is 0.389. The maximum atomic E-state index is 12.5. The molecule has 0 radical (unpaired) electrons. The number of aromatic nitrogens is 1. The molecule has 3 nitrogen and oxygen atoms in total. The zero-order valence-corrected chi connectivity index (χ0v) is 12.3. The molecular weight excluding hydrogens is 260 g/mol. The predicted octanol–water partition coefficient (Wildman–Crippen LogP) is 3.35. The van der Waals surface area contributed by atoms with Crippen LogP contribution in [0.15, 0.2) is 48.8 Å². The van der Waals surface area contributed by atoms with Gasteiger partial charge in [0.15, 0.2) is 0 Å². The molecule has 3 heteroatoms. The Morgan fingerprint density at radius 2 is 2.05 bits per heavy atom. The SMILES string of the molecule is O=C(Cc1cc[nH]c1)N1CCCCC(c2ccccc2)C1. The Balaban J connectivity index is 1.68. The van der Waals surface area contributed by atoms with Gasteiger partial charge < -0.3 is 9.88 Å². The highest BCUT2D eigenvalue weighted by molar-refractivity contribution is 5.78. The minimum atomic E-state index is 0.248. The third-order valence-corrected chi connectivity index (χ3v) is 4.31. The summed E-state index contributed by atoms with van der Waals surface area (Å²) in [7, 11) is 0. The molecule has 1 unspecified atom stereocenters. The summed E-state index contributed by atoms with van der Waals surface area (Å²) in [4.78, 5) is 17.6. The molecule has 0 spiro atoms. The summed E-state index contributed by atoms with van der Waals surface area (Å²) in [6.45, 7) is 1.75. The monoisotopic (exact) mass is 282 g/mol. The van der Waals surface area contributed by atoms with Gasteiger partial charge in [-0.1, -0.05) is 36.8 Å². The van der Waals surface area contributed by atoms with Crippen LogP contribution in [0.1, 0.15) is 36.3 Å². The second-order valence-electron chi connectivity index (χ2n) is 5.84. The number of likely N-dealkylation sites (tertiary alicyclic amines) is 1. The topological polar surface area (TPSA) is 36.1 Å². The molecule has 0 bridgehead atoms. The van der Waals surface area contributed by atoms with Crippen molar-refractivity contribution in [3.8, 4) is 0 Å². The second kappa shape index (κ2) is 6.61. The van der Waals surface area contributed by atoms with Crippen LogP contribution in [0.5, 0.6) is 0 Å². The molecule has 1 N–H and O–H groups in total. The van der Waals surface area contributed by atoms with Crippen molar-refractivity contribution in [3.05, 3.63) is 59.9 Å². The van der Waals surface area contributed by atoms with Crippen LogP contribution in [0.4, 0.5) is 0 Å². The molecule has 3 rings (SSSR count). The van der Waals surface area contributed by atoms with Crippen molar-refractivity contribution in [2.45, 2.75) is 31.6 Å². The first-order valence-corrected chi connectivity index (χ1v) is 7.77. The Morgan fingerprint density at radius 3 is 2.81 bits per heavy atom. The summed E-state index contributed by atoms with van der Waals surface area (Å²) >= 11 is 0. The van der Waals surface area contributed by atoms with E-state index in [0.717, 1.165) is 25.1 Å². The van der Waals surface area contributed by atoms with E-state index in [9.17, 15) is 4.79 Å². The standard InChI is InChI=1S/C18H22N2O/c21-18(12-15-9-10-19-13-15)20-11-5-4-8-17(14-20)16-6-2-1-3-7-16/h1-3,6-7,9-10,13,17,19H,4-5,8,11-12,14H2. The largest absolute Gasteiger partial charge is 0.367 e. The number of nitrogens with zero attached hydrogens (tertiary/aromatic N) is 1. The van der Waals surface area contributed by atoms with Gasteiger partial charge in [-0.2, -0.15) is 0 Å². The molecule has 1 fully saturated rings. The number of rotatable bonds is 3. The Kier molecular flexibility index (Phi) is 4.39. The zero-order valence-electron chi connectivity index (χ0n) is 12.3. The van der Waals surface area contributed by atoms with Crippen LogP contribution in [0, 0.1) is 0 Å². The average molecular weight is 282 g/mol. The summed E-state index contributed by atoms with van der Waals surface area (Å²) in [5.41, 5.74) is 2.43. The fourth-order valence-electron chi connectivity index (χ4n) is 3.12. The van der Waals surface area contributed by atoms with E-state index in [4.69, 9.17) is 0 Å². The molecule has 2 aromatic rings. The van der Waals surface area contributed by atoms with E-state index in [1.165, 1.54) is 18.4 Å². The quantitative estimate of drug-likeness (QED) is 0.920. The summed E-state index contributed by atoms with van der Waals surface area (Å²) in [5.74, 6) is 0.723. The van der Waals surface area contributed by atoms with Gasteiger partial charge in [0, 0.05) is 31.4 Å². The van der Waals surface area contributed by atoms with Crippen LogP contribution >= 0.6 is 0 Å². The van der Waals surface area contributed by atoms with Crippen molar-refractivity contribution in [3.63, 3.8) is 0 Å². The van der Waals surface area contributed by atoms with Crippen molar-refractivity contribution in [2.24, 2.45) is 0 Å². The van der Waals surface area contributed by atoms with Crippen LogP contribution in [0.3, 0.4) is 0 Å². The minimum absolute atomic E-state index is 0.248. The summed E-state index contributed by atoms with van der Waals surface area (Å²) in [6, 6.07) is 12.6. The summed E-state index contributed by atoms with van der Waals surface area (Å²) in [5, 5.41) is 0. The molecule has 1 aromatic carbocycles. The third-order valence-electron chi connectivity index (χ3n) is 4.31. The van der Waals surface area contributed by atoms with E-state index in [1.54, 1.807) is 0 Å². The van der Waals surface area contributed by atoms with Crippen molar-refractivity contribution in [1.82, 2.24) is 9.88 Å². The van der Waals surface area contributed by atoms with Gasteiger partial charge in [0.1, 0.15) is 0 Å². The fourth-order valence-corrected chi connectivity index (χ4v) is 3.12. The Labute approximate surface area is 126 Å². The first-order chi connectivity index (χ1) is 10.3. The van der Waals surface area contributed by atoms with Crippen molar-refractivity contribution in [2.75, 3.05) is 13.1 Å². The van der Waals surface area contributed by atoms with Gasteiger partial charge in [-0.05, 0) is 30.0 Å². The molecule has 21 heavy (non-hydrogen) atoms. The van der Waals surface area contributed by atoms with Gasteiger partial charge in [0.25, 0.3) is 0 Å². The Bertz CT molecular complexity index is 562. The van der Waals surface area contributed by atoms with E-state index in [0.29, 0.717) is 12.3 Å². The van der Waals surface area contributed by atoms with Crippen LogP contribution in [0.25, 0.3) is 0 Å². The van der Waals surface area contributed by atoms with Gasteiger partial charge in [-0.15, -0.1) is 0 Å². The number of carbonyl (C=O) groups is 1. The number of hydrogen-bond donors (Lipinski definition) is 1. The minimum Gasteiger partial charge on any atom is -0.367 e. The van der Waals surface area contributed by atoms with Crippen molar-refractivity contribution >= 4 is 5.91 Å². The van der Waals surface area contributed by atoms with E-state index in [1.807, 2.05) is 18.5 Å². The number of nitrogens with one attached hydrogen (secondary N) is 1. The molecule has 0 saturated carbocycles. The molecule has 1 amide bonds. The Hall–Kier alpha value is -2.03. The van der Waals surface area contributed by atoms with Gasteiger partial charge >= 0.3 is 0 Å². The van der Waals surface area contributed by atoms with Crippen LogP contribution in [-0.2, 0) is 11.2 Å². The second-order valence-corrected chi connectivity index (χ2v) is 5.84. The zero-order chi connectivity index (χ0) is 14.5. The van der Waals surface area contributed by atoms with Crippen molar-refractivity contribution in [1.29, 1.82) is 0 Å². The van der Waals surface area contributed by atoms with E-state index >= 15 is 0 Å². The molecule has 1 aromatic heterocycles. The summed E-state index contributed by atoms with van der Waals surface area (Å²) in [6.07, 6.45) is 7.78. The van der Waals surface area contributed by atoms with E-state index in [-0.39, 0.29) is 5.91 Å². The van der Waals surface area contributed by atoms with Crippen LogP contribution < -0.4 is 0 Å². The molecule has 1 saturated heterocycles. The molecule has 110 valence electrons. The first kappa shape index (κ1) is 13.9. The van der Waals surface area contributed by atoms with Gasteiger partial charge in [-0.3, -0.25) is 4.79 Å². The van der Waals surface area contributed by atoms with Gasteiger partial charge in [0.2, 0.25) is 5.91 Å². The molecule has 0 aliphatic carbocycles. The maximum Gasteiger partial charge on any atom is 0.227 e. The number of benzene rings is 1. The number of hydrogen-bond acceptors (Lipinski definition) is 1. The smallest absolute Gasteiger partial charge is 0.227 e. The third kappa shape index (κ3) is 3.54. The lowest BCUT2D eigenvalue weighted by molar-refractivity contribution is -0.130. The number of carbonyl (C=O) groups excluding carboxylic acids is 1. The lowest BCUT2D eigenvalue weighted by atomic mass is 9.94. The molecule has 1 atom stereocenters. The van der Waals surface area contributed by atoms with E-state index < -0.39 is 0 Å². The normalized spacial score (nSPS) is 19.2. The summed E-state index contributed by atoms with van der Waals surface area (Å²) < 4.78 is 0. The highest BCUT2D eigenvalue weighted by atomic mass is 16.2. The van der Waals surface area contributed by atoms with Crippen LogP contribution in [-0.4, -0.2) is 28.9 Å². The van der Waals surface area contributed by atoms with E-state index in [2.05, 4.69) is 40.2 Å². The van der Waals surface area contributed by atoms with Gasteiger partial charge in [0.05, 0.1) is 6.42 Å². The van der Waals surface area contributed by atoms with Gasteiger partial charge in [-0.25, -0.2) is 0 Å².